The second-order valence-corrected chi connectivity index (χ2v) is 38.6. The molecule has 0 unspecified atom stereocenters. The molecule has 0 radical (unpaired) electrons. The van der Waals surface area contributed by atoms with Crippen LogP contribution in [0, 0.1) is 38.5 Å². The molecule has 0 spiro atoms. The fraction of sp³-hybridized carbons (Fsp3) is 0.417. The Kier molecular flexibility index (Phi) is 34.0. The fourth-order valence-electron chi connectivity index (χ4n) is 8.99. The number of benzene rings is 3. The summed E-state index contributed by atoms with van der Waals surface area (Å²) < 4.78 is 149. The zero-order valence-electron chi connectivity index (χ0n) is 61.3. The molecule has 1 N–H and O–H groups in total. The van der Waals surface area contributed by atoms with Crippen molar-refractivity contribution in [3.63, 3.8) is 0 Å². The van der Waals surface area contributed by atoms with Gasteiger partial charge < -0.3 is 23.7 Å². The van der Waals surface area contributed by atoms with Crippen LogP contribution in [0.5, 0.6) is 17.6 Å². The molecule has 9 rings (SSSR count). The van der Waals surface area contributed by atoms with E-state index in [9.17, 15) is 39.5 Å². The van der Waals surface area contributed by atoms with Crippen LogP contribution in [0.15, 0.2) is 110 Å². The van der Waals surface area contributed by atoms with Crippen LogP contribution in [0.25, 0.3) is 67.5 Å². The summed E-state index contributed by atoms with van der Waals surface area (Å²) in [5.41, 5.74) is 9.90. The molecule has 0 aliphatic carbocycles. The number of nitrogens with one attached hydrogen (secondary N) is 1. The van der Waals surface area contributed by atoms with Gasteiger partial charge in [0, 0.05) is 99.5 Å². The van der Waals surface area contributed by atoms with Crippen molar-refractivity contribution in [1.29, 1.82) is 0 Å². The summed E-state index contributed by atoms with van der Waals surface area (Å²) in [6.07, 6.45) is -7.85. The van der Waals surface area contributed by atoms with Gasteiger partial charge in [-0.25, -0.2) is 39.3 Å². The molecule has 9 aromatic rings. The lowest BCUT2D eigenvalue weighted by Gasteiger charge is -2.15. The SMILES string of the molecule is Cc1cc(OCC(C)C)ncc1-c1ccc(-c2n[nH]c(C(F)(F)F)n2)cc1.Cc1cc(OCC(C)C)ncc1-c1ccc(-c2nc(C(F)(F)F)n(COCC[Si](C)(C)C)n2)cc1.Cc1cc(OCC(C)C)ncc1-c1ccc(-c2nc(C(F)(F)F)nn2COCC[Si](C)(C)C)cc1.O=C=O.O=C=O.O=C=O. The van der Waals surface area contributed by atoms with E-state index in [0.717, 1.165) is 66.8 Å². The number of H-pyrrole nitrogens is 1. The van der Waals surface area contributed by atoms with Crippen LogP contribution in [-0.4, -0.2) is 127 Å². The molecule has 0 aliphatic heterocycles. The lowest BCUT2D eigenvalue weighted by atomic mass is 10.0. The molecule has 0 fully saturated rings. The Balaban J connectivity index is 0.000000320. The van der Waals surface area contributed by atoms with Gasteiger partial charge in [0.1, 0.15) is 13.5 Å². The first-order chi connectivity index (χ1) is 49.6. The van der Waals surface area contributed by atoms with Crippen molar-refractivity contribution in [2.75, 3.05) is 33.0 Å². The first-order valence-electron chi connectivity index (χ1n) is 32.9. The van der Waals surface area contributed by atoms with Gasteiger partial charge in [0.05, 0.1) is 19.8 Å². The molecular weight excluding hydrogens is 1440 g/mol. The molecule has 0 atom stereocenters. The van der Waals surface area contributed by atoms with E-state index in [1.807, 2.05) is 68.3 Å². The van der Waals surface area contributed by atoms with E-state index in [0.29, 0.717) is 85.1 Å². The Labute approximate surface area is 609 Å². The van der Waals surface area contributed by atoms with Gasteiger partial charge in [-0.1, -0.05) is 154 Å². The van der Waals surface area contributed by atoms with Gasteiger partial charge in [-0.05, 0) is 84.0 Å². The van der Waals surface area contributed by atoms with Gasteiger partial charge in [0.15, 0.2) is 17.5 Å². The molecule has 0 saturated carbocycles. The number of pyridine rings is 3. The summed E-state index contributed by atoms with van der Waals surface area (Å²) in [5.74, 6) is -0.324. The fourth-order valence-corrected chi connectivity index (χ4v) is 10.5. The number of hydrogen-bond donors (Lipinski definition) is 1. The number of rotatable bonds is 25. The molecule has 6 aromatic heterocycles. The largest absolute Gasteiger partial charge is 0.477 e. The molecule has 0 aliphatic rings. The molecule has 3 aromatic carbocycles. The van der Waals surface area contributed by atoms with Gasteiger partial charge >= 0.3 is 37.0 Å². The Morgan fingerprint density at radius 3 is 1.09 bits per heavy atom. The van der Waals surface area contributed by atoms with Gasteiger partial charge in [0.25, 0.3) is 5.82 Å². The van der Waals surface area contributed by atoms with E-state index in [1.54, 1.807) is 67.1 Å². The molecule has 0 amide bonds. The molecule has 23 nitrogen and oxygen atoms in total. The van der Waals surface area contributed by atoms with Gasteiger partial charge in [-0.3, -0.25) is 5.10 Å². The summed E-state index contributed by atoms with van der Waals surface area (Å²) in [4.78, 5) is 72.9. The van der Waals surface area contributed by atoms with Crippen molar-refractivity contribution in [2.45, 2.75) is 146 Å². The van der Waals surface area contributed by atoms with Crippen LogP contribution in [0.1, 0.15) is 75.7 Å². The number of aromatic amines is 1. The monoisotopic (exact) mass is 1520 g/mol. The van der Waals surface area contributed by atoms with Crippen LogP contribution in [0.3, 0.4) is 0 Å². The summed E-state index contributed by atoms with van der Waals surface area (Å²) in [6, 6.07) is 28.6. The maximum atomic E-state index is 13.5. The van der Waals surface area contributed by atoms with E-state index in [-0.39, 0.29) is 49.4 Å². The van der Waals surface area contributed by atoms with Crippen LogP contribution in [-0.2, 0) is 70.2 Å². The minimum absolute atomic E-state index is 0.00107. The Hall–Kier alpha value is -10.2. The van der Waals surface area contributed by atoms with E-state index in [1.165, 1.54) is 4.68 Å². The Bertz CT molecular complexity index is 4280. The van der Waals surface area contributed by atoms with Crippen LogP contribution in [0.2, 0.25) is 51.4 Å². The Morgan fingerprint density at radius 1 is 0.443 bits per heavy atom. The lowest BCUT2D eigenvalue weighted by molar-refractivity contribution is -0.193. The number of carbonyl (C=O) groups excluding carboxylic acids is 6. The highest BCUT2D eigenvalue weighted by Gasteiger charge is 2.39. The summed E-state index contributed by atoms with van der Waals surface area (Å²) >= 11 is 0. The summed E-state index contributed by atoms with van der Waals surface area (Å²) in [5, 5.41) is 13.3. The van der Waals surface area contributed by atoms with Crippen molar-refractivity contribution in [3.05, 3.63) is 144 Å². The number of alkyl halides is 9. The predicted octanol–water partition coefficient (Wildman–Crippen LogP) is 16.5. The van der Waals surface area contributed by atoms with Crippen LogP contribution in [0.4, 0.5) is 39.5 Å². The van der Waals surface area contributed by atoms with Crippen molar-refractivity contribution in [1.82, 2.24) is 59.7 Å². The van der Waals surface area contributed by atoms with Gasteiger partial charge in [0.2, 0.25) is 29.3 Å². The number of nitrogens with zero attached hydrogens (tertiary/aromatic N) is 11. The number of aromatic nitrogens is 12. The zero-order valence-corrected chi connectivity index (χ0v) is 63.3. The molecular formula is C72H85F9N12O11Si2. The highest BCUT2D eigenvalue weighted by molar-refractivity contribution is 6.76. The van der Waals surface area contributed by atoms with Crippen LogP contribution >= 0.6 is 0 Å². The van der Waals surface area contributed by atoms with E-state index in [2.05, 4.69) is 126 Å². The maximum absolute atomic E-state index is 13.5. The summed E-state index contributed by atoms with van der Waals surface area (Å²) in [6.45, 7) is 33.7. The van der Waals surface area contributed by atoms with Gasteiger partial charge in [-0.15, -0.1) is 10.2 Å². The average Bonchev–Trinajstić information content (AvgIpc) is 1.62. The van der Waals surface area contributed by atoms with Gasteiger partial charge in [-0.2, -0.15) is 73.4 Å². The first kappa shape index (κ1) is 88.2. The second kappa shape index (κ2) is 40.9. The van der Waals surface area contributed by atoms with Crippen LogP contribution < -0.4 is 14.2 Å². The normalized spacial score (nSPS) is 11.4. The van der Waals surface area contributed by atoms with Crippen molar-refractivity contribution in [3.8, 4) is 85.2 Å². The highest BCUT2D eigenvalue weighted by Crippen LogP contribution is 2.35. The quantitative estimate of drug-likeness (QED) is 0.0316. The van der Waals surface area contributed by atoms with E-state index < -0.39 is 52.1 Å². The third-order valence-corrected chi connectivity index (χ3v) is 17.7. The smallest absolute Gasteiger partial charge is 0.453 e. The minimum atomic E-state index is -4.64. The standard InChI is InChI=1S/2C25H33F3N4O2Si.C19H19F3N4O.3CO2/c1-17(2)15-34-22-13-18(3)21(14-29-22)19-7-9-20(10-8-19)23-30-24(25(26,27)28)31-32(23)16-33-11-12-35(4,5)6;1-17(2)15-34-22-13-18(3)21(14-29-22)19-7-9-20(10-8-19)23-30-24(25(26,27)28)32(31-23)16-33-11-12-35(4,5)6;1-11(2)10-27-16-8-12(3)15(9-23-16)13-4-6-14(7-5-13)17-24-18(26-25-17)19(20,21)22;3*2-1-3/h2*7-10,13-14,17H,11-12,15-16H2,1-6H3;4-9,11H,10H2,1-3H3,(H,24,25,26);;;. The third-order valence-electron chi connectivity index (χ3n) is 14.3. The molecule has 570 valence electrons. The van der Waals surface area contributed by atoms with Crippen molar-refractivity contribution in [2.24, 2.45) is 17.8 Å². The third kappa shape index (κ3) is 29.7. The zero-order chi connectivity index (χ0) is 79.3. The highest BCUT2D eigenvalue weighted by atomic mass is 28.3. The number of halogens is 9. The average molecular weight is 1520 g/mol. The first-order valence-corrected chi connectivity index (χ1v) is 40.3. The topological polar surface area (TPSA) is 290 Å². The Morgan fingerprint density at radius 2 is 0.783 bits per heavy atom. The summed E-state index contributed by atoms with van der Waals surface area (Å²) in [7, 11) is -2.66. The molecule has 6 heterocycles. The maximum Gasteiger partial charge on any atom is 0.453 e. The second-order valence-electron chi connectivity index (χ2n) is 27.3. The molecule has 0 bridgehead atoms. The molecule has 34 heteroatoms. The van der Waals surface area contributed by atoms with Crippen molar-refractivity contribution < 1.29 is 92.0 Å². The molecule has 106 heavy (non-hydrogen) atoms. The number of ether oxygens (including phenoxy) is 5. The van der Waals surface area contributed by atoms with E-state index >= 15 is 0 Å². The predicted molar refractivity (Wildman–Crippen MR) is 376 cm³/mol. The van der Waals surface area contributed by atoms with Crippen molar-refractivity contribution >= 4 is 34.6 Å². The minimum Gasteiger partial charge on any atom is -0.477 e. The number of hydrogen-bond acceptors (Lipinski definition) is 20. The molecule has 0 saturated heterocycles. The van der Waals surface area contributed by atoms with E-state index in [4.69, 9.17) is 52.5 Å². The lowest BCUT2D eigenvalue weighted by Crippen LogP contribution is -2.23. The number of aryl methyl sites for hydroxylation is 3.